The molecule has 2 aliphatic rings. The monoisotopic (exact) mass is 374 g/mol. The van der Waals surface area contributed by atoms with Crippen molar-refractivity contribution in [3.05, 3.63) is 46.5 Å². The van der Waals surface area contributed by atoms with Crippen LogP contribution in [0, 0.1) is 0 Å². The number of aromatic amines is 1. The molecule has 6 nitrogen and oxygen atoms in total. The van der Waals surface area contributed by atoms with Gasteiger partial charge in [0.2, 0.25) is 5.91 Å². The first-order valence-electron chi connectivity index (χ1n) is 8.99. The van der Waals surface area contributed by atoms with Crippen molar-refractivity contribution in [2.45, 2.75) is 31.2 Å². The van der Waals surface area contributed by atoms with Crippen LogP contribution in [0.15, 0.2) is 24.5 Å². The van der Waals surface area contributed by atoms with Crippen molar-refractivity contribution >= 4 is 17.5 Å². The van der Waals surface area contributed by atoms with Crippen molar-refractivity contribution in [3.63, 3.8) is 0 Å². The molecule has 7 heteroatoms. The van der Waals surface area contributed by atoms with Crippen LogP contribution < -0.4 is 0 Å². The van der Waals surface area contributed by atoms with Gasteiger partial charge in [-0.05, 0) is 37.6 Å². The normalized spacial score (nSPS) is 19.5. The number of aromatic nitrogens is 2. The van der Waals surface area contributed by atoms with Gasteiger partial charge in [0.15, 0.2) is 0 Å². The number of nitrogens with one attached hydrogen (secondary N) is 1. The largest absolute Gasteiger partial charge is 0.506 e. The summed E-state index contributed by atoms with van der Waals surface area (Å²) in [6, 6.07) is 4.94. The Labute approximate surface area is 157 Å². The zero-order valence-electron chi connectivity index (χ0n) is 14.8. The average Bonchev–Trinajstić information content (AvgIpc) is 3.12. The third-order valence-corrected chi connectivity index (χ3v) is 6.20. The highest BCUT2D eigenvalue weighted by atomic mass is 35.5. The molecule has 1 saturated heterocycles. The second kappa shape index (κ2) is 6.59. The second-order valence-corrected chi connectivity index (χ2v) is 7.68. The van der Waals surface area contributed by atoms with Crippen molar-refractivity contribution < 1.29 is 9.90 Å². The van der Waals surface area contributed by atoms with Gasteiger partial charge in [-0.2, -0.15) is 0 Å². The molecule has 0 bridgehead atoms. The standard InChI is InChI=1S/C19H23ClN4O2/c1-23-7-4-15-18(22-12-21-15)19(23)5-8-24(9-6-19)17(26)11-13-2-3-16(25)14(20)10-13/h2-3,10,12,25H,4-9,11H2,1H3,(H,21,22). The number of fused-ring (bicyclic) bond motifs is 2. The van der Waals surface area contributed by atoms with Crippen molar-refractivity contribution in [2.24, 2.45) is 0 Å². The molecular formula is C19H23ClN4O2. The topological polar surface area (TPSA) is 72.5 Å². The van der Waals surface area contributed by atoms with E-state index in [-0.39, 0.29) is 22.2 Å². The van der Waals surface area contributed by atoms with E-state index in [0.29, 0.717) is 6.42 Å². The second-order valence-electron chi connectivity index (χ2n) is 7.28. The van der Waals surface area contributed by atoms with Gasteiger partial charge in [0.1, 0.15) is 5.75 Å². The van der Waals surface area contributed by atoms with E-state index in [9.17, 15) is 9.90 Å². The van der Waals surface area contributed by atoms with Gasteiger partial charge in [0.05, 0.1) is 29.0 Å². The molecule has 2 N–H and O–H groups in total. The van der Waals surface area contributed by atoms with Crippen LogP contribution in [0.1, 0.15) is 29.8 Å². The Bertz CT molecular complexity index is 827. The van der Waals surface area contributed by atoms with Crippen LogP contribution in [0.2, 0.25) is 5.02 Å². The predicted octanol–water partition coefficient (Wildman–Crippen LogP) is 2.32. The molecule has 26 heavy (non-hydrogen) atoms. The van der Waals surface area contributed by atoms with Gasteiger partial charge in [-0.15, -0.1) is 0 Å². The number of benzene rings is 1. The van der Waals surface area contributed by atoms with Crippen LogP contribution in [0.5, 0.6) is 5.75 Å². The lowest BCUT2D eigenvalue weighted by atomic mass is 9.79. The van der Waals surface area contributed by atoms with Crippen LogP contribution in [0.25, 0.3) is 0 Å². The molecule has 4 rings (SSSR count). The number of halogens is 1. The number of phenols is 1. The van der Waals surface area contributed by atoms with Crippen LogP contribution >= 0.6 is 11.6 Å². The maximum atomic E-state index is 12.7. The number of amides is 1. The minimum absolute atomic E-state index is 0.0397. The number of phenolic OH excluding ortho intramolecular Hbond substituents is 1. The number of carbonyl (C=O) groups is 1. The van der Waals surface area contributed by atoms with Crippen LogP contribution in [0.3, 0.4) is 0 Å². The number of imidazole rings is 1. The molecule has 0 radical (unpaired) electrons. The van der Waals surface area contributed by atoms with E-state index in [1.165, 1.54) is 11.8 Å². The minimum Gasteiger partial charge on any atom is -0.506 e. The Morgan fingerprint density at radius 1 is 1.35 bits per heavy atom. The first-order valence-corrected chi connectivity index (χ1v) is 9.36. The van der Waals surface area contributed by atoms with Gasteiger partial charge in [0.25, 0.3) is 0 Å². The molecule has 1 fully saturated rings. The lowest BCUT2D eigenvalue weighted by molar-refractivity contribution is -0.133. The molecule has 2 aromatic rings. The lowest BCUT2D eigenvalue weighted by Gasteiger charge is -2.49. The molecule has 0 saturated carbocycles. The summed E-state index contributed by atoms with van der Waals surface area (Å²) in [6.45, 7) is 2.46. The molecule has 138 valence electrons. The van der Waals surface area contributed by atoms with Crippen LogP contribution in [-0.2, 0) is 23.2 Å². The average molecular weight is 375 g/mol. The van der Waals surface area contributed by atoms with Crippen molar-refractivity contribution in [2.75, 3.05) is 26.7 Å². The smallest absolute Gasteiger partial charge is 0.226 e. The minimum atomic E-state index is -0.0633. The lowest BCUT2D eigenvalue weighted by Crippen LogP contribution is -2.55. The molecule has 1 aromatic carbocycles. The number of aromatic hydroxyl groups is 1. The van der Waals surface area contributed by atoms with Gasteiger partial charge in [-0.25, -0.2) is 4.98 Å². The molecule has 0 unspecified atom stereocenters. The van der Waals surface area contributed by atoms with E-state index in [0.717, 1.165) is 50.2 Å². The molecule has 1 spiro atoms. The van der Waals surface area contributed by atoms with Gasteiger partial charge in [-0.3, -0.25) is 9.69 Å². The van der Waals surface area contributed by atoms with Gasteiger partial charge >= 0.3 is 0 Å². The fourth-order valence-corrected chi connectivity index (χ4v) is 4.48. The van der Waals surface area contributed by atoms with Crippen molar-refractivity contribution in [3.8, 4) is 5.75 Å². The highest BCUT2D eigenvalue weighted by molar-refractivity contribution is 6.32. The number of hydrogen-bond donors (Lipinski definition) is 2. The number of likely N-dealkylation sites (tertiary alicyclic amines) is 1. The number of rotatable bonds is 2. The Morgan fingerprint density at radius 3 is 2.85 bits per heavy atom. The van der Waals surface area contributed by atoms with E-state index in [1.54, 1.807) is 18.5 Å². The van der Waals surface area contributed by atoms with E-state index in [2.05, 4.69) is 21.9 Å². The molecule has 1 amide bonds. The Morgan fingerprint density at radius 2 is 2.12 bits per heavy atom. The van der Waals surface area contributed by atoms with Crippen molar-refractivity contribution in [1.82, 2.24) is 19.8 Å². The summed E-state index contributed by atoms with van der Waals surface area (Å²) in [7, 11) is 2.16. The third-order valence-electron chi connectivity index (χ3n) is 5.90. The summed E-state index contributed by atoms with van der Waals surface area (Å²) >= 11 is 5.94. The first-order chi connectivity index (χ1) is 12.5. The summed E-state index contributed by atoms with van der Waals surface area (Å²) in [5.41, 5.74) is 3.15. The quantitative estimate of drug-likeness (QED) is 0.846. The van der Waals surface area contributed by atoms with E-state index >= 15 is 0 Å². The predicted molar refractivity (Wildman–Crippen MR) is 99.2 cm³/mol. The summed E-state index contributed by atoms with van der Waals surface area (Å²) in [5, 5.41) is 9.79. The van der Waals surface area contributed by atoms with E-state index in [1.807, 2.05) is 4.90 Å². The number of carbonyl (C=O) groups excluding carboxylic acids is 1. The summed E-state index contributed by atoms with van der Waals surface area (Å²) in [4.78, 5) is 24.9. The summed E-state index contributed by atoms with van der Waals surface area (Å²) in [5.74, 6) is 0.139. The Kier molecular flexibility index (Phi) is 4.40. The Balaban J connectivity index is 1.45. The molecule has 3 heterocycles. The molecule has 2 aliphatic heterocycles. The summed E-state index contributed by atoms with van der Waals surface area (Å²) in [6.07, 6.45) is 4.87. The summed E-state index contributed by atoms with van der Waals surface area (Å²) < 4.78 is 0. The maximum absolute atomic E-state index is 12.7. The number of H-pyrrole nitrogens is 1. The van der Waals surface area contributed by atoms with E-state index < -0.39 is 0 Å². The van der Waals surface area contributed by atoms with Crippen molar-refractivity contribution in [1.29, 1.82) is 0 Å². The third kappa shape index (κ3) is 2.87. The van der Waals surface area contributed by atoms with Crippen LogP contribution in [0.4, 0.5) is 0 Å². The SMILES string of the molecule is CN1CCc2[nH]cnc2C12CCN(C(=O)Cc1ccc(O)c(Cl)c1)CC2. The van der Waals surface area contributed by atoms with Gasteiger partial charge in [-0.1, -0.05) is 17.7 Å². The zero-order valence-corrected chi connectivity index (χ0v) is 15.6. The number of nitrogens with zero attached hydrogens (tertiary/aromatic N) is 3. The molecule has 0 atom stereocenters. The highest BCUT2D eigenvalue weighted by Crippen LogP contribution is 2.41. The Hall–Kier alpha value is -2.05. The fraction of sp³-hybridized carbons (Fsp3) is 0.474. The maximum Gasteiger partial charge on any atom is 0.226 e. The zero-order chi connectivity index (χ0) is 18.3. The molecule has 0 aliphatic carbocycles. The van der Waals surface area contributed by atoms with Crippen LogP contribution in [-0.4, -0.2) is 57.5 Å². The van der Waals surface area contributed by atoms with E-state index in [4.69, 9.17) is 11.6 Å². The first kappa shape index (κ1) is 17.4. The number of likely N-dealkylation sites (N-methyl/N-ethyl adjacent to an activating group) is 1. The highest BCUT2D eigenvalue weighted by Gasteiger charge is 2.45. The molecule has 1 aromatic heterocycles. The van der Waals surface area contributed by atoms with Gasteiger partial charge < -0.3 is 15.0 Å². The fourth-order valence-electron chi connectivity index (χ4n) is 4.28. The molecular weight excluding hydrogens is 352 g/mol. The van der Waals surface area contributed by atoms with Gasteiger partial charge in [0, 0.05) is 31.7 Å². The number of piperidine rings is 1. The number of hydrogen-bond acceptors (Lipinski definition) is 4.